The number of aromatic nitrogens is 2. The van der Waals surface area contributed by atoms with Crippen molar-refractivity contribution in [2.75, 3.05) is 0 Å². The zero-order chi connectivity index (χ0) is 16.7. The number of aromatic amines is 1. The van der Waals surface area contributed by atoms with E-state index in [4.69, 9.17) is 16.6 Å². The van der Waals surface area contributed by atoms with Crippen LogP contribution in [0.5, 0.6) is 0 Å². The minimum atomic E-state index is 0.698. The molecule has 0 radical (unpaired) electrons. The third kappa shape index (κ3) is 2.90. The lowest BCUT2D eigenvalue weighted by Gasteiger charge is -2.11. The van der Waals surface area contributed by atoms with Gasteiger partial charge >= 0.3 is 0 Å². The van der Waals surface area contributed by atoms with Gasteiger partial charge in [-0.25, -0.2) is 4.98 Å². The molecule has 4 rings (SSSR count). The SMILES string of the molecule is Clc1ccc(Br)c(-c2cc(Br)ccc2-c2nc3ccccc3[nH]2)c1. The number of hydrogen-bond acceptors (Lipinski definition) is 1. The molecule has 3 aromatic carbocycles. The lowest BCUT2D eigenvalue weighted by molar-refractivity contribution is 1.33. The Morgan fingerprint density at radius 1 is 0.833 bits per heavy atom. The van der Waals surface area contributed by atoms with Crippen molar-refractivity contribution in [2.45, 2.75) is 0 Å². The standard InChI is InChI=1S/C19H11Br2ClN2/c20-11-5-7-13(19-23-17-3-1-2-4-18(17)24-19)14(9-11)15-10-12(22)6-8-16(15)21/h1-10H,(H,23,24). The first-order valence-electron chi connectivity index (χ1n) is 7.32. The average Bonchev–Trinajstić information content (AvgIpc) is 3.00. The summed E-state index contributed by atoms with van der Waals surface area (Å²) in [6.45, 7) is 0. The van der Waals surface area contributed by atoms with Crippen LogP contribution in [-0.2, 0) is 0 Å². The summed E-state index contributed by atoms with van der Waals surface area (Å²) in [5.74, 6) is 0.838. The highest BCUT2D eigenvalue weighted by Crippen LogP contribution is 2.38. The molecule has 0 amide bonds. The molecular weight excluding hydrogens is 451 g/mol. The molecule has 118 valence electrons. The van der Waals surface area contributed by atoms with Gasteiger partial charge in [-0.3, -0.25) is 0 Å². The lowest BCUT2D eigenvalue weighted by Crippen LogP contribution is -1.89. The third-order valence-corrected chi connectivity index (χ3v) is 5.26. The van der Waals surface area contributed by atoms with Gasteiger partial charge in [0.15, 0.2) is 0 Å². The van der Waals surface area contributed by atoms with E-state index >= 15 is 0 Å². The minimum Gasteiger partial charge on any atom is -0.338 e. The first-order chi connectivity index (χ1) is 11.6. The molecule has 0 spiro atoms. The van der Waals surface area contributed by atoms with E-state index in [2.05, 4.69) is 49.0 Å². The number of hydrogen-bond donors (Lipinski definition) is 1. The molecule has 4 aromatic rings. The van der Waals surface area contributed by atoms with E-state index < -0.39 is 0 Å². The fraction of sp³-hybridized carbons (Fsp3) is 0. The van der Waals surface area contributed by atoms with Crippen molar-refractivity contribution in [3.8, 4) is 22.5 Å². The molecule has 0 saturated carbocycles. The van der Waals surface area contributed by atoms with Crippen LogP contribution in [0.2, 0.25) is 5.02 Å². The summed E-state index contributed by atoms with van der Waals surface area (Å²) in [6, 6.07) is 20.0. The normalized spacial score (nSPS) is 11.1. The van der Waals surface area contributed by atoms with Gasteiger partial charge in [-0.2, -0.15) is 0 Å². The highest BCUT2D eigenvalue weighted by molar-refractivity contribution is 9.10. The van der Waals surface area contributed by atoms with Crippen molar-refractivity contribution in [1.29, 1.82) is 0 Å². The first-order valence-corrected chi connectivity index (χ1v) is 9.28. The predicted molar refractivity (Wildman–Crippen MR) is 107 cm³/mol. The van der Waals surface area contributed by atoms with Crippen molar-refractivity contribution >= 4 is 54.5 Å². The number of fused-ring (bicyclic) bond motifs is 1. The van der Waals surface area contributed by atoms with Crippen LogP contribution in [0.25, 0.3) is 33.5 Å². The highest BCUT2D eigenvalue weighted by atomic mass is 79.9. The molecule has 0 saturated heterocycles. The van der Waals surface area contributed by atoms with Crippen LogP contribution in [-0.4, -0.2) is 9.97 Å². The monoisotopic (exact) mass is 460 g/mol. The van der Waals surface area contributed by atoms with Gasteiger partial charge in [-0.05, 0) is 59.7 Å². The highest BCUT2D eigenvalue weighted by Gasteiger charge is 2.14. The number of nitrogens with zero attached hydrogens (tertiary/aromatic N) is 1. The van der Waals surface area contributed by atoms with Crippen LogP contribution in [0.3, 0.4) is 0 Å². The molecule has 0 atom stereocenters. The van der Waals surface area contributed by atoms with Gasteiger partial charge in [0, 0.05) is 19.5 Å². The topological polar surface area (TPSA) is 28.7 Å². The number of rotatable bonds is 2. The minimum absolute atomic E-state index is 0.698. The Labute approximate surface area is 161 Å². The summed E-state index contributed by atoms with van der Waals surface area (Å²) < 4.78 is 1.99. The van der Waals surface area contributed by atoms with Crippen molar-refractivity contribution in [1.82, 2.24) is 9.97 Å². The second-order valence-electron chi connectivity index (χ2n) is 5.42. The maximum absolute atomic E-state index is 6.21. The fourth-order valence-corrected chi connectivity index (χ4v) is 3.72. The van der Waals surface area contributed by atoms with Crippen LogP contribution in [0.15, 0.2) is 69.6 Å². The maximum atomic E-state index is 6.21. The van der Waals surface area contributed by atoms with Gasteiger partial charge < -0.3 is 4.98 Å². The number of H-pyrrole nitrogens is 1. The van der Waals surface area contributed by atoms with E-state index in [1.807, 2.05) is 48.5 Å². The molecule has 0 bridgehead atoms. The van der Waals surface area contributed by atoms with Gasteiger partial charge in [-0.15, -0.1) is 0 Å². The van der Waals surface area contributed by atoms with E-state index in [9.17, 15) is 0 Å². The van der Waals surface area contributed by atoms with E-state index in [0.29, 0.717) is 5.02 Å². The molecule has 0 aliphatic rings. The Morgan fingerprint density at radius 3 is 2.50 bits per heavy atom. The summed E-state index contributed by atoms with van der Waals surface area (Å²) in [6.07, 6.45) is 0. The summed E-state index contributed by atoms with van der Waals surface area (Å²) >= 11 is 13.4. The van der Waals surface area contributed by atoms with E-state index in [0.717, 1.165) is 42.5 Å². The number of imidazole rings is 1. The summed E-state index contributed by atoms with van der Waals surface area (Å²) in [4.78, 5) is 8.13. The summed E-state index contributed by atoms with van der Waals surface area (Å²) in [5, 5.41) is 0.698. The Kier molecular flexibility index (Phi) is 4.21. The molecule has 1 N–H and O–H groups in total. The maximum Gasteiger partial charge on any atom is 0.139 e. The van der Waals surface area contributed by atoms with Gasteiger partial charge in [0.2, 0.25) is 0 Å². The Balaban J connectivity index is 1.98. The van der Waals surface area contributed by atoms with Crippen molar-refractivity contribution in [2.24, 2.45) is 0 Å². The quantitative estimate of drug-likeness (QED) is 0.339. The molecule has 0 fully saturated rings. The third-order valence-electron chi connectivity index (χ3n) is 3.84. The molecule has 2 nitrogen and oxygen atoms in total. The Bertz CT molecular complexity index is 1020. The second-order valence-corrected chi connectivity index (χ2v) is 7.62. The molecule has 0 aliphatic heterocycles. The van der Waals surface area contributed by atoms with Crippen LogP contribution >= 0.6 is 43.5 Å². The van der Waals surface area contributed by atoms with Gasteiger partial charge in [0.05, 0.1) is 11.0 Å². The van der Waals surface area contributed by atoms with Crippen LogP contribution in [0.1, 0.15) is 0 Å². The largest absolute Gasteiger partial charge is 0.338 e. The van der Waals surface area contributed by atoms with Crippen LogP contribution < -0.4 is 0 Å². The smallest absolute Gasteiger partial charge is 0.139 e. The van der Waals surface area contributed by atoms with E-state index in [-0.39, 0.29) is 0 Å². The molecule has 24 heavy (non-hydrogen) atoms. The second kappa shape index (κ2) is 6.36. The van der Waals surface area contributed by atoms with Crippen LogP contribution in [0.4, 0.5) is 0 Å². The number of halogens is 3. The molecule has 1 aromatic heterocycles. The number of benzene rings is 3. The van der Waals surface area contributed by atoms with Gasteiger partial charge in [0.25, 0.3) is 0 Å². The number of nitrogens with one attached hydrogen (secondary N) is 1. The van der Waals surface area contributed by atoms with Gasteiger partial charge in [0.1, 0.15) is 5.82 Å². The first kappa shape index (κ1) is 15.9. The Hall–Kier alpha value is -1.62. The summed E-state index contributed by atoms with van der Waals surface area (Å²) in [7, 11) is 0. The van der Waals surface area contributed by atoms with E-state index in [1.165, 1.54) is 0 Å². The zero-order valence-electron chi connectivity index (χ0n) is 12.4. The van der Waals surface area contributed by atoms with Crippen molar-refractivity contribution in [3.63, 3.8) is 0 Å². The number of para-hydroxylation sites is 2. The molecule has 0 aliphatic carbocycles. The molecular formula is C19H11Br2ClN2. The van der Waals surface area contributed by atoms with Crippen molar-refractivity contribution in [3.05, 3.63) is 74.6 Å². The summed E-state index contributed by atoms with van der Waals surface area (Å²) in [5.41, 5.74) is 5.08. The van der Waals surface area contributed by atoms with Gasteiger partial charge in [-0.1, -0.05) is 55.6 Å². The van der Waals surface area contributed by atoms with Crippen molar-refractivity contribution < 1.29 is 0 Å². The zero-order valence-corrected chi connectivity index (χ0v) is 16.3. The predicted octanol–water partition coefficient (Wildman–Crippen LogP) is 7.08. The lowest BCUT2D eigenvalue weighted by atomic mass is 9.99. The fourth-order valence-electron chi connectivity index (χ4n) is 2.73. The average molecular weight is 463 g/mol. The molecule has 5 heteroatoms. The Morgan fingerprint density at radius 2 is 1.67 bits per heavy atom. The van der Waals surface area contributed by atoms with Crippen LogP contribution in [0, 0.1) is 0 Å². The molecule has 1 heterocycles. The molecule has 0 unspecified atom stereocenters. The van der Waals surface area contributed by atoms with E-state index in [1.54, 1.807) is 0 Å².